The Kier molecular flexibility index (Phi) is 6.62. The highest BCUT2D eigenvalue weighted by atomic mass is 16.5. The van der Waals surface area contributed by atoms with Crippen molar-refractivity contribution in [3.05, 3.63) is 12.2 Å². The number of ether oxygens (including phenoxy) is 2. The fourth-order valence-electron chi connectivity index (χ4n) is 1.13. The van der Waals surface area contributed by atoms with Crippen molar-refractivity contribution >= 4 is 17.9 Å². The quantitative estimate of drug-likeness (QED) is 0.525. The number of esters is 2. The zero-order valence-corrected chi connectivity index (χ0v) is 9.89. The van der Waals surface area contributed by atoms with Crippen LogP contribution >= 0.6 is 0 Å². The summed E-state index contributed by atoms with van der Waals surface area (Å²) in [6.07, 6.45) is -0.545. The molecule has 17 heavy (non-hydrogen) atoms. The van der Waals surface area contributed by atoms with Gasteiger partial charge in [0.2, 0.25) is 0 Å². The number of carboxylic acids is 1. The highest BCUT2D eigenvalue weighted by molar-refractivity contribution is 5.96. The van der Waals surface area contributed by atoms with Crippen molar-refractivity contribution in [2.75, 3.05) is 13.2 Å². The van der Waals surface area contributed by atoms with E-state index in [2.05, 4.69) is 16.1 Å². The van der Waals surface area contributed by atoms with Crippen molar-refractivity contribution in [1.29, 1.82) is 0 Å². The molecule has 1 unspecified atom stereocenters. The maximum Gasteiger partial charge on any atom is 0.334 e. The van der Waals surface area contributed by atoms with Crippen LogP contribution in [0.25, 0.3) is 0 Å². The number of hydrogen-bond acceptors (Lipinski definition) is 5. The molecule has 1 atom stereocenters. The minimum Gasteiger partial charge on any atom is -0.481 e. The lowest BCUT2D eigenvalue weighted by Crippen LogP contribution is -2.27. The molecule has 6 heteroatoms. The van der Waals surface area contributed by atoms with Crippen LogP contribution in [0.1, 0.15) is 20.3 Å². The van der Waals surface area contributed by atoms with Crippen molar-refractivity contribution < 1.29 is 29.0 Å². The van der Waals surface area contributed by atoms with E-state index in [-0.39, 0.29) is 18.8 Å². The van der Waals surface area contributed by atoms with Crippen LogP contribution in [-0.2, 0) is 23.9 Å². The molecular weight excluding hydrogens is 228 g/mol. The maximum atomic E-state index is 11.5. The summed E-state index contributed by atoms with van der Waals surface area (Å²) >= 11 is 0. The van der Waals surface area contributed by atoms with Crippen molar-refractivity contribution in [1.82, 2.24) is 0 Å². The number of carbonyl (C=O) groups is 3. The average Bonchev–Trinajstić information content (AvgIpc) is 2.25. The molecule has 0 saturated carbocycles. The smallest absolute Gasteiger partial charge is 0.334 e. The molecule has 0 radical (unpaired) electrons. The highest BCUT2D eigenvalue weighted by Gasteiger charge is 2.30. The third-order valence-electron chi connectivity index (χ3n) is 1.91. The number of rotatable bonds is 7. The summed E-state index contributed by atoms with van der Waals surface area (Å²) in [5, 5.41) is 8.66. The van der Waals surface area contributed by atoms with Crippen LogP contribution in [-0.4, -0.2) is 36.2 Å². The van der Waals surface area contributed by atoms with Crippen LogP contribution in [0.3, 0.4) is 0 Å². The van der Waals surface area contributed by atoms with Gasteiger partial charge in [-0.1, -0.05) is 6.58 Å². The van der Waals surface area contributed by atoms with E-state index < -0.39 is 30.2 Å². The molecule has 0 fully saturated rings. The molecule has 0 aromatic rings. The molecule has 0 saturated heterocycles. The first-order chi connectivity index (χ1) is 7.93. The molecule has 0 heterocycles. The lowest BCUT2D eigenvalue weighted by atomic mass is 9.97. The third kappa shape index (κ3) is 5.14. The maximum absolute atomic E-state index is 11.5. The fourth-order valence-corrected chi connectivity index (χ4v) is 1.13. The topological polar surface area (TPSA) is 89.9 Å². The van der Waals surface area contributed by atoms with Crippen LogP contribution in [0.4, 0.5) is 0 Å². The minimum atomic E-state index is -1.21. The molecule has 0 amide bonds. The molecule has 0 bridgehead atoms. The first-order valence-corrected chi connectivity index (χ1v) is 5.18. The van der Waals surface area contributed by atoms with E-state index >= 15 is 0 Å². The summed E-state index contributed by atoms with van der Waals surface area (Å²) in [4.78, 5) is 33.4. The monoisotopic (exact) mass is 244 g/mol. The molecule has 0 rings (SSSR count). The van der Waals surface area contributed by atoms with Gasteiger partial charge in [0.15, 0.2) is 0 Å². The van der Waals surface area contributed by atoms with Crippen LogP contribution in [0.5, 0.6) is 0 Å². The summed E-state index contributed by atoms with van der Waals surface area (Å²) in [5.74, 6) is -3.99. The number of carbonyl (C=O) groups excluding carboxylic acids is 2. The molecule has 0 aromatic heterocycles. The molecule has 0 aliphatic rings. The Hall–Kier alpha value is -1.85. The first-order valence-electron chi connectivity index (χ1n) is 5.18. The van der Waals surface area contributed by atoms with Gasteiger partial charge >= 0.3 is 17.9 Å². The summed E-state index contributed by atoms with van der Waals surface area (Å²) in [6.45, 7) is 6.80. The van der Waals surface area contributed by atoms with Crippen LogP contribution < -0.4 is 0 Å². The summed E-state index contributed by atoms with van der Waals surface area (Å²) < 4.78 is 9.34. The Morgan fingerprint density at radius 1 is 1.18 bits per heavy atom. The second-order valence-corrected chi connectivity index (χ2v) is 3.15. The van der Waals surface area contributed by atoms with Gasteiger partial charge in [-0.3, -0.25) is 9.59 Å². The highest BCUT2D eigenvalue weighted by Crippen LogP contribution is 2.17. The fraction of sp³-hybridized carbons (Fsp3) is 0.545. The Balaban J connectivity index is 4.78. The lowest BCUT2D eigenvalue weighted by Gasteiger charge is -2.14. The van der Waals surface area contributed by atoms with E-state index in [0.29, 0.717) is 0 Å². The molecular formula is C11H16O6. The van der Waals surface area contributed by atoms with Gasteiger partial charge in [0, 0.05) is 5.57 Å². The zero-order valence-electron chi connectivity index (χ0n) is 9.89. The molecule has 0 aliphatic carbocycles. The van der Waals surface area contributed by atoms with Crippen molar-refractivity contribution in [2.45, 2.75) is 20.3 Å². The normalized spacial score (nSPS) is 11.4. The lowest BCUT2D eigenvalue weighted by molar-refractivity contribution is -0.153. The van der Waals surface area contributed by atoms with E-state index in [0.717, 1.165) is 0 Å². The van der Waals surface area contributed by atoms with Gasteiger partial charge in [0.05, 0.1) is 25.6 Å². The largest absolute Gasteiger partial charge is 0.481 e. The first kappa shape index (κ1) is 15.2. The van der Waals surface area contributed by atoms with Crippen molar-refractivity contribution in [2.24, 2.45) is 5.92 Å². The zero-order chi connectivity index (χ0) is 13.4. The van der Waals surface area contributed by atoms with Gasteiger partial charge in [0.25, 0.3) is 0 Å². The van der Waals surface area contributed by atoms with E-state index in [1.165, 1.54) is 0 Å². The van der Waals surface area contributed by atoms with E-state index in [9.17, 15) is 14.4 Å². The van der Waals surface area contributed by atoms with Gasteiger partial charge in [-0.15, -0.1) is 0 Å². The second kappa shape index (κ2) is 7.43. The van der Waals surface area contributed by atoms with Gasteiger partial charge < -0.3 is 14.6 Å². The molecule has 0 aliphatic heterocycles. The summed E-state index contributed by atoms with van der Waals surface area (Å²) in [6, 6.07) is 0. The summed E-state index contributed by atoms with van der Waals surface area (Å²) in [7, 11) is 0. The van der Waals surface area contributed by atoms with E-state index in [1.807, 2.05) is 0 Å². The summed E-state index contributed by atoms with van der Waals surface area (Å²) in [5.41, 5.74) is -0.201. The predicted molar refractivity (Wildman–Crippen MR) is 58.1 cm³/mol. The van der Waals surface area contributed by atoms with Gasteiger partial charge in [-0.25, -0.2) is 4.79 Å². The van der Waals surface area contributed by atoms with Crippen molar-refractivity contribution in [3.8, 4) is 0 Å². The molecule has 0 spiro atoms. The Morgan fingerprint density at radius 2 is 1.71 bits per heavy atom. The number of hydrogen-bond donors (Lipinski definition) is 1. The molecule has 1 N–H and O–H groups in total. The van der Waals surface area contributed by atoms with Crippen LogP contribution in [0.15, 0.2) is 12.2 Å². The van der Waals surface area contributed by atoms with Gasteiger partial charge in [0.1, 0.15) is 0 Å². The van der Waals surface area contributed by atoms with Crippen LogP contribution in [0, 0.1) is 5.92 Å². The van der Waals surface area contributed by atoms with E-state index in [1.54, 1.807) is 13.8 Å². The molecule has 0 aromatic carbocycles. The van der Waals surface area contributed by atoms with E-state index in [4.69, 9.17) is 5.11 Å². The SMILES string of the molecule is C=C(C(=O)OCC)C(CC(=O)O)C(=O)OCC. The van der Waals surface area contributed by atoms with Crippen LogP contribution in [0.2, 0.25) is 0 Å². The van der Waals surface area contributed by atoms with Gasteiger partial charge in [-0.2, -0.15) is 0 Å². The number of aliphatic carboxylic acids is 1. The third-order valence-corrected chi connectivity index (χ3v) is 1.91. The standard InChI is InChI=1S/C11H16O6/c1-4-16-10(14)7(3)8(6-9(12)13)11(15)17-5-2/h8H,3-6H2,1-2H3,(H,12,13). The predicted octanol–water partition coefficient (Wildman–Crippen LogP) is 0.760. The Labute approximate surface area is 99.2 Å². The van der Waals surface area contributed by atoms with Crippen molar-refractivity contribution in [3.63, 3.8) is 0 Å². The number of carboxylic acid groups (broad SMARTS) is 1. The Bertz CT molecular complexity index is 320. The minimum absolute atomic E-state index is 0.102. The molecule has 6 nitrogen and oxygen atoms in total. The Morgan fingerprint density at radius 3 is 2.12 bits per heavy atom. The second-order valence-electron chi connectivity index (χ2n) is 3.15. The average molecular weight is 244 g/mol. The molecule has 96 valence electrons. The van der Waals surface area contributed by atoms with Gasteiger partial charge in [-0.05, 0) is 13.8 Å².